The number of rotatable bonds is 11. The minimum Gasteiger partial charge on any atom is -0.354 e. The molecule has 3 rings (SSSR count). The Kier molecular flexibility index (Phi) is 10.7. The highest BCUT2D eigenvalue weighted by Crippen LogP contribution is 2.33. The Morgan fingerprint density at radius 1 is 0.872 bits per heavy atom. The molecule has 0 aliphatic carbocycles. The van der Waals surface area contributed by atoms with Crippen LogP contribution in [0, 0.1) is 5.92 Å². The number of carbonyl (C=O) groups is 2. The molecule has 0 unspecified atom stereocenters. The maximum absolute atomic E-state index is 13.9. The van der Waals surface area contributed by atoms with E-state index in [2.05, 4.69) is 5.32 Å². The zero-order chi connectivity index (χ0) is 28.7. The first kappa shape index (κ1) is 30.8. The summed E-state index contributed by atoms with van der Waals surface area (Å²) in [6, 6.07) is 18.1. The molecule has 3 aromatic carbocycles. The van der Waals surface area contributed by atoms with Gasteiger partial charge in [-0.3, -0.25) is 13.9 Å². The van der Waals surface area contributed by atoms with Crippen molar-refractivity contribution in [3.05, 3.63) is 93.4 Å². The van der Waals surface area contributed by atoms with Crippen molar-refractivity contribution in [2.45, 2.75) is 38.3 Å². The van der Waals surface area contributed by atoms with E-state index in [1.165, 1.54) is 35.2 Å². The number of anilines is 1. The third kappa shape index (κ3) is 8.11. The molecule has 7 nitrogen and oxygen atoms in total. The standard InChI is InChI=1S/C28H30Cl3N3O4S/c1-19(2)16-32-28(36)20(3)33(17-21-8-7-9-22(29)14-21)27(35)18-34(26-15-23(30)12-13-25(26)31)39(37,38)24-10-5-4-6-11-24/h4-15,19-20H,16-18H2,1-3H3,(H,32,36)/t20-/m1/s1. The number of sulfonamides is 1. The quantitative estimate of drug-likeness (QED) is 0.287. The molecule has 1 N–H and O–H groups in total. The van der Waals surface area contributed by atoms with Crippen molar-refractivity contribution in [1.82, 2.24) is 10.2 Å². The Balaban J connectivity index is 2.04. The molecule has 0 aromatic heterocycles. The van der Waals surface area contributed by atoms with Gasteiger partial charge < -0.3 is 10.2 Å². The minimum atomic E-state index is -4.25. The normalized spacial score (nSPS) is 12.2. The Bertz CT molecular complexity index is 1420. The molecule has 2 amide bonds. The van der Waals surface area contributed by atoms with E-state index < -0.39 is 28.5 Å². The van der Waals surface area contributed by atoms with Crippen LogP contribution in [-0.4, -0.2) is 44.3 Å². The summed E-state index contributed by atoms with van der Waals surface area (Å²) in [5.74, 6) is -0.773. The molecule has 0 spiro atoms. The molecule has 3 aromatic rings. The van der Waals surface area contributed by atoms with Crippen LogP contribution >= 0.6 is 34.8 Å². The SMILES string of the molecule is CC(C)CNC(=O)[C@@H](C)N(Cc1cccc(Cl)c1)C(=O)CN(c1cc(Cl)ccc1Cl)S(=O)(=O)c1ccccc1. The fourth-order valence-corrected chi connectivity index (χ4v) is 5.87. The van der Waals surface area contributed by atoms with Crippen LogP contribution < -0.4 is 9.62 Å². The molecule has 0 bridgehead atoms. The van der Waals surface area contributed by atoms with E-state index in [9.17, 15) is 18.0 Å². The topological polar surface area (TPSA) is 86.8 Å². The van der Waals surface area contributed by atoms with Crippen molar-refractivity contribution in [1.29, 1.82) is 0 Å². The monoisotopic (exact) mass is 609 g/mol. The van der Waals surface area contributed by atoms with E-state index in [0.717, 1.165) is 4.31 Å². The number of hydrogen-bond acceptors (Lipinski definition) is 4. The zero-order valence-corrected chi connectivity index (χ0v) is 24.9. The van der Waals surface area contributed by atoms with E-state index in [1.807, 2.05) is 13.8 Å². The van der Waals surface area contributed by atoms with Gasteiger partial charge in [0, 0.05) is 23.1 Å². The van der Waals surface area contributed by atoms with E-state index in [0.29, 0.717) is 17.1 Å². The van der Waals surface area contributed by atoms with Crippen molar-refractivity contribution < 1.29 is 18.0 Å². The van der Waals surface area contributed by atoms with Crippen LogP contribution in [0.4, 0.5) is 5.69 Å². The summed E-state index contributed by atoms with van der Waals surface area (Å²) >= 11 is 18.8. The summed E-state index contributed by atoms with van der Waals surface area (Å²) in [5.41, 5.74) is 0.721. The number of nitrogens with one attached hydrogen (secondary N) is 1. The summed E-state index contributed by atoms with van der Waals surface area (Å²) in [5, 5.41) is 3.65. The number of benzene rings is 3. The molecule has 0 aliphatic heterocycles. The lowest BCUT2D eigenvalue weighted by Gasteiger charge is -2.32. The van der Waals surface area contributed by atoms with Crippen LogP contribution in [0.3, 0.4) is 0 Å². The van der Waals surface area contributed by atoms with Gasteiger partial charge >= 0.3 is 0 Å². The van der Waals surface area contributed by atoms with Crippen molar-refractivity contribution >= 4 is 62.3 Å². The van der Waals surface area contributed by atoms with Gasteiger partial charge in [0.2, 0.25) is 11.8 Å². The van der Waals surface area contributed by atoms with Gasteiger partial charge in [-0.2, -0.15) is 0 Å². The predicted octanol–water partition coefficient (Wildman–Crippen LogP) is 6.03. The van der Waals surface area contributed by atoms with Crippen molar-refractivity contribution in [2.75, 3.05) is 17.4 Å². The Morgan fingerprint density at radius 2 is 1.54 bits per heavy atom. The van der Waals surface area contributed by atoms with E-state index in [4.69, 9.17) is 34.8 Å². The summed E-state index contributed by atoms with van der Waals surface area (Å²) in [6.07, 6.45) is 0. The number of hydrogen-bond donors (Lipinski definition) is 1. The van der Waals surface area contributed by atoms with Gasteiger partial charge in [-0.1, -0.05) is 79.0 Å². The molecule has 39 heavy (non-hydrogen) atoms. The maximum atomic E-state index is 13.9. The molecular formula is C28H30Cl3N3O4S. The van der Waals surface area contributed by atoms with Crippen LogP contribution in [0.25, 0.3) is 0 Å². The second-order valence-electron chi connectivity index (χ2n) is 9.39. The molecule has 0 saturated carbocycles. The predicted molar refractivity (Wildman–Crippen MR) is 157 cm³/mol. The fourth-order valence-electron chi connectivity index (χ4n) is 3.78. The van der Waals surface area contributed by atoms with E-state index >= 15 is 0 Å². The lowest BCUT2D eigenvalue weighted by molar-refractivity contribution is -0.139. The van der Waals surface area contributed by atoms with Crippen LogP contribution in [0.1, 0.15) is 26.3 Å². The van der Waals surface area contributed by atoms with Gasteiger partial charge in [0.25, 0.3) is 10.0 Å². The van der Waals surface area contributed by atoms with Crippen LogP contribution in [0.2, 0.25) is 15.1 Å². The average Bonchev–Trinajstić information content (AvgIpc) is 2.90. The summed E-state index contributed by atoms with van der Waals surface area (Å²) in [7, 11) is -4.25. The smallest absolute Gasteiger partial charge is 0.264 e. The third-order valence-corrected chi connectivity index (χ3v) is 8.44. The Hall–Kier alpha value is -2.78. The minimum absolute atomic E-state index is 0.0260. The molecule has 0 saturated heterocycles. The second-order valence-corrected chi connectivity index (χ2v) is 12.5. The Labute approximate surface area is 244 Å². The highest BCUT2D eigenvalue weighted by molar-refractivity contribution is 7.92. The summed E-state index contributed by atoms with van der Waals surface area (Å²) in [4.78, 5) is 28.2. The highest BCUT2D eigenvalue weighted by atomic mass is 35.5. The lowest BCUT2D eigenvalue weighted by Crippen LogP contribution is -2.51. The number of halogens is 3. The van der Waals surface area contributed by atoms with E-state index in [-0.39, 0.29) is 39.0 Å². The molecular weight excluding hydrogens is 581 g/mol. The number of carbonyl (C=O) groups excluding carboxylic acids is 2. The first-order chi connectivity index (χ1) is 18.4. The summed E-state index contributed by atoms with van der Waals surface area (Å²) in [6.45, 7) is 5.34. The Morgan fingerprint density at radius 3 is 2.18 bits per heavy atom. The maximum Gasteiger partial charge on any atom is 0.264 e. The molecule has 0 aliphatic rings. The van der Waals surface area contributed by atoms with Gasteiger partial charge in [0.1, 0.15) is 12.6 Å². The molecule has 0 fully saturated rings. The van der Waals surface area contributed by atoms with Gasteiger partial charge in [0.05, 0.1) is 15.6 Å². The van der Waals surface area contributed by atoms with Crippen molar-refractivity contribution in [3.8, 4) is 0 Å². The number of amides is 2. The molecule has 0 radical (unpaired) electrons. The first-order valence-corrected chi connectivity index (χ1v) is 14.8. The average molecular weight is 611 g/mol. The first-order valence-electron chi connectivity index (χ1n) is 12.2. The molecule has 0 heterocycles. The van der Waals surface area contributed by atoms with Gasteiger partial charge in [0.15, 0.2) is 0 Å². The van der Waals surface area contributed by atoms with Crippen molar-refractivity contribution in [3.63, 3.8) is 0 Å². The van der Waals surface area contributed by atoms with Crippen molar-refractivity contribution in [2.24, 2.45) is 5.92 Å². The second kappa shape index (κ2) is 13.5. The third-order valence-electron chi connectivity index (χ3n) is 5.88. The van der Waals surface area contributed by atoms with Crippen LogP contribution in [0.15, 0.2) is 77.7 Å². The lowest BCUT2D eigenvalue weighted by atomic mass is 10.1. The zero-order valence-electron chi connectivity index (χ0n) is 21.8. The highest BCUT2D eigenvalue weighted by Gasteiger charge is 2.33. The largest absolute Gasteiger partial charge is 0.354 e. The number of nitrogens with zero attached hydrogens (tertiary/aromatic N) is 2. The summed E-state index contributed by atoms with van der Waals surface area (Å²) < 4.78 is 28.5. The van der Waals surface area contributed by atoms with Gasteiger partial charge in [-0.25, -0.2) is 8.42 Å². The van der Waals surface area contributed by atoms with Gasteiger partial charge in [-0.15, -0.1) is 0 Å². The molecule has 1 atom stereocenters. The fraction of sp³-hybridized carbons (Fsp3) is 0.286. The van der Waals surface area contributed by atoms with E-state index in [1.54, 1.807) is 49.4 Å². The molecule has 208 valence electrons. The molecule has 11 heteroatoms. The van der Waals surface area contributed by atoms with Gasteiger partial charge in [-0.05, 0) is 60.9 Å². The van der Waals surface area contributed by atoms with Crippen LogP contribution in [-0.2, 0) is 26.2 Å². The van der Waals surface area contributed by atoms with Crippen LogP contribution in [0.5, 0.6) is 0 Å².